The number of hydrogen-bond donors (Lipinski definition) is 3. The zero-order valence-electron chi connectivity index (χ0n) is 14.0. The van der Waals surface area contributed by atoms with E-state index >= 15 is 0 Å². The van der Waals surface area contributed by atoms with Gasteiger partial charge in [0.25, 0.3) is 15.9 Å². The van der Waals surface area contributed by atoms with Crippen LogP contribution in [0, 0.1) is 13.8 Å². The molecule has 1 amide bonds. The summed E-state index contributed by atoms with van der Waals surface area (Å²) in [5, 5.41) is 11.6. The molecule has 2 aromatic rings. The molecule has 0 atom stereocenters. The second kappa shape index (κ2) is 6.94. The Morgan fingerprint density at radius 1 is 1.04 bits per heavy atom. The van der Waals surface area contributed by atoms with Gasteiger partial charge in [-0.15, -0.1) is 0 Å². The van der Waals surface area contributed by atoms with Gasteiger partial charge in [0, 0.05) is 18.3 Å². The third kappa shape index (κ3) is 3.97. The van der Waals surface area contributed by atoms with Gasteiger partial charge in [0.2, 0.25) is 0 Å². The minimum atomic E-state index is -4.02. The van der Waals surface area contributed by atoms with Crippen LogP contribution in [0.4, 0.5) is 5.69 Å². The molecule has 0 fully saturated rings. The lowest BCUT2D eigenvalue weighted by Gasteiger charge is -2.13. The maximum absolute atomic E-state index is 12.7. The Morgan fingerprint density at radius 2 is 1.72 bits per heavy atom. The van der Waals surface area contributed by atoms with Gasteiger partial charge in [-0.2, -0.15) is 0 Å². The van der Waals surface area contributed by atoms with Gasteiger partial charge in [-0.1, -0.05) is 6.07 Å². The van der Waals surface area contributed by atoms with Gasteiger partial charge >= 0.3 is 5.97 Å². The molecule has 0 unspecified atom stereocenters. The standard InChI is InChI=1S/C17H18N2O5S/c1-10-7-13(17(21)22)9-15(11(10)2)25(23,24)19-14-6-4-5-12(8-14)16(20)18-3/h4-9,19H,1-3H3,(H,18,20)(H,21,22). The molecule has 25 heavy (non-hydrogen) atoms. The van der Waals surface area contributed by atoms with Crippen LogP contribution in [-0.2, 0) is 10.0 Å². The van der Waals surface area contributed by atoms with Crippen molar-refractivity contribution in [2.75, 3.05) is 11.8 Å². The first kappa shape index (κ1) is 18.5. The maximum atomic E-state index is 12.7. The van der Waals surface area contributed by atoms with Crippen LogP contribution in [0.3, 0.4) is 0 Å². The number of amides is 1. The number of carbonyl (C=O) groups excluding carboxylic acids is 1. The van der Waals surface area contributed by atoms with E-state index in [4.69, 9.17) is 5.11 Å². The lowest BCUT2D eigenvalue weighted by molar-refractivity contribution is 0.0696. The van der Waals surface area contributed by atoms with E-state index in [1.165, 1.54) is 25.2 Å². The number of carbonyl (C=O) groups is 2. The Morgan fingerprint density at radius 3 is 2.32 bits per heavy atom. The van der Waals surface area contributed by atoms with E-state index in [2.05, 4.69) is 10.0 Å². The zero-order valence-corrected chi connectivity index (χ0v) is 14.8. The van der Waals surface area contributed by atoms with Crippen molar-refractivity contribution in [3.8, 4) is 0 Å². The van der Waals surface area contributed by atoms with Gasteiger partial charge in [-0.05, 0) is 55.3 Å². The fourth-order valence-electron chi connectivity index (χ4n) is 2.31. The molecule has 0 aliphatic heterocycles. The van der Waals surface area contributed by atoms with Gasteiger partial charge < -0.3 is 10.4 Å². The van der Waals surface area contributed by atoms with Crippen molar-refractivity contribution in [3.05, 3.63) is 58.7 Å². The fraction of sp³-hybridized carbons (Fsp3) is 0.176. The molecule has 7 nitrogen and oxygen atoms in total. The summed E-state index contributed by atoms with van der Waals surface area (Å²) in [5.74, 6) is -1.55. The highest BCUT2D eigenvalue weighted by Gasteiger charge is 2.21. The number of hydrogen-bond acceptors (Lipinski definition) is 4. The summed E-state index contributed by atoms with van der Waals surface area (Å²) in [6, 6.07) is 8.55. The van der Waals surface area contributed by atoms with Crippen molar-refractivity contribution in [2.24, 2.45) is 0 Å². The molecular weight excluding hydrogens is 344 g/mol. The summed E-state index contributed by atoms with van der Waals surface area (Å²) in [4.78, 5) is 22.7. The second-order valence-electron chi connectivity index (χ2n) is 5.49. The van der Waals surface area contributed by atoms with Crippen LogP contribution < -0.4 is 10.0 Å². The monoisotopic (exact) mass is 362 g/mol. The Hall–Kier alpha value is -2.87. The van der Waals surface area contributed by atoms with Crippen molar-refractivity contribution in [1.29, 1.82) is 0 Å². The first-order valence-electron chi connectivity index (χ1n) is 7.35. The quantitative estimate of drug-likeness (QED) is 0.754. The molecule has 2 rings (SSSR count). The van der Waals surface area contributed by atoms with Gasteiger partial charge in [0.1, 0.15) is 0 Å². The molecule has 2 aromatic carbocycles. The molecule has 0 aliphatic carbocycles. The van der Waals surface area contributed by atoms with Gasteiger partial charge in [0.05, 0.1) is 10.5 Å². The summed E-state index contributed by atoms with van der Waals surface area (Å²) in [6.07, 6.45) is 0. The number of anilines is 1. The molecule has 8 heteroatoms. The Labute approximate surface area is 145 Å². The van der Waals surface area contributed by atoms with Crippen LogP contribution >= 0.6 is 0 Å². The van der Waals surface area contributed by atoms with E-state index < -0.39 is 16.0 Å². The highest BCUT2D eigenvalue weighted by molar-refractivity contribution is 7.92. The molecule has 3 N–H and O–H groups in total. The van der Waals surface area contributed by atoms with Crippen molar-refractivity contribution in [1.82, 2.24) is 5.32 Å². The Bertz CT molecular complexity index is 952. The van der Waals surface area contributed by atoms with Crippen molar-refractivity contribution < 1.29 is 23.1 Å². The number of aryl methyl sites for hydroxylation is 1. The van der Waals surface area contributed by atoms with Crippen LogP contribution in [0.25, 0.3) is 0 Å². The Kier molecular flexibility index (Phi) is 5.13. The van der Waals surface area contributed by atoms with Crippen molar-refractivity contribution >= 4 is 27.6 Å². The molecular formula is C17H18N2O5S. The second-order valence-corrected chi connectivity index (χ2v) is 7.14. The highest BCUT2D eigenvalue weighted by atomic mass is 32.2. The smallest absolute Gasteiger partial charge is 0.335 e. The zero-order chi connectivity index (χ0) is 18.8. The molecule has 0 aromatic heterocycles. The third-order valence-electron chi connectivity index (χ3n) is 3.76. The summed E-state index contributed by atoms with van der Waals surface area (Å²) in [5.41, 5.74) is 1.41. The number of nitrogens with one attached hydrogen (secondary N) is 2. The lowest BCUT2D eigenvalue weighted by Crippen LogP contribution is -2.19. The lowest BCUT2D eigenvalue weighted by atomic mass is 10.1. The summed E-state index contributed by atoms with van der Waals surface area (Å²) in [7, 11) is -2.54. The van der Waals surface area contributed by atoms with E-state index in [1.54, 1.807) is 26.0 Å². The molecule has 132 valence electrons. The van der Waals surface area contributed by atoms with E-state index in [-0.39, 0.29) is 22.1 Å². The molecule has 0 aliphatic rings. The number of carboxylic acids is 1. The molecule has 0 radical (unpaired) electrons. The van der Waals surface area contributed by atoms with E-state index in [0.717, 1.165) is 6.07 Å². The minimum Gasteiger partial charge on any atom is -0.478 e. The number of carboxylic acid groups (broad SMARTS) is 1. The number of rotatable bonds is 5. The van der Waals surface area contributed by atoms with Crippen LogP contribution in [0.1, 0.15) is 31.8 Å². The number of sulfonamides is 1. The van der Waals surface area contributed by atoms with Crippen LogP contribution in [-0.4, -0.2) is 32.4 Å². The average Bonchev–Trinajstić information content (AvgIpc) is 2.55. The van der Waals surface area contributed by atoms with Gasteiger partial charge in [0.15, 0.2) is 0 Å². The van der Waals surface area contributed by atoms with Gasteiger partial charge in [-0.3, -0.25) is 9.52 Å². The van der Waals surface area contributed by atoms with E-state index in [1.807, 2.05) is 0 Å². The molecule has 0 saturated carbocycles. The molecule has 0 spiro atoms. The highest BCUT2D eigenvalue weighted by Crippen LogP contribution is 2.24. The predicted molar refractivity (Wildman–Crippen MR) is 93.5 cm³/mol. The summed E-state index contributed by atoms with van der Waals surface area (Å²) in [6.45, 7) is 3.25. The largest absolute Gasteiger partial charge is 0.478 e. The number of aromatic carboxylic acids is 1. The Balaban J connectivity index is 2.47. The topological polar surface area (TPSA) is 113 Å². The van der Waals surface area contributed by atoms with Crippen LogP contribution in [0.15, 0.2) is 41.3 Å². The predicted octanol–water partition coefficient (Wildman–Crippen LogP) is 2.16. The van der Waals surface area contributed by atoms with Crippen LogP contribution in [0.2, 0.25) is 0 Å². The average molecular weight is 362 g/mol. The fourth-order valence-corrected chi connectivity index (χ4v) is 3.70. The third-order valence-corrected chi connectivity index (χ3v) is 5.27. The summed E-state index contributed by atoms with van der Waals surface area (Å²) >= 11 is 0. The first-order chi connectivity index (χ1) is 11.7. The molecule has 0 bridgehead atoms. The SMILES string of the molecule is CNC(=O)c1cccc(NS(=O)(=O)c2cc(C(=O)O)cc(C)c2C)c1. The van der Waals surface area contributed by atoms with E-state index in [0.29, 0.717) is 16.7 Å². The van der Waals surface area contributed by atoms with Crippen molar-refractivity contribution in [2.45, 2.75) is 18.7 Å². The van der Waals surface area contributed by atoms with Crippen LogP contribution in [0.5, 0.6) is 0 Å². The molecule has 0 saturated heterocycles. The molecule has 0 heterocycles. The summed E-state index contributed by atoms with van der Waals surface area (Å²) < 4.78 is 27.8. The first-order valence-corrected chi connectivity index (χ1v) is 8.83. The van der Waals surface area contributed by atoms with E-state index in [9.17, 15) is 18.0 Å². The normalized spacial score (nSPS) is 11.0. The number of benzene rings is 2. The minimum absolute atomic E-state index is 0.109. The van der Waals surface area contributed by atoms with Crippen molar-refractivity contribution in [3.63, 3.8) is 0 Å². The van der Waals surface area contributed by atoms with Gasteiger partial charge in [-0.25, -0.2) is 13.2 Å². The maximum Gasteiger partial charge on any atom is 0.335 e.